The van der Waals surface area contributed by atoms with Gasteiger partial charge in [-0.1, -0.05) is 32.9 Å². The van der Waals surface area contributed by atoms with Gasteiger partial charge in [0.25, 0.3) is 5.91 Å². The summed E-state index contributed by atoms with van der Waals surface area (Å²) >= 11 is 0. The van der Waals surface area contributed by atoms with Crippen LogP contribution in [0.5, 0.6) is 5.75 Å². The molecule has 0 bridgehead atoms. The number of rotatable bonds is 7. The van der Waals surface area contributed by atoms with Crippen molar-refractivity contribution >= 4 is 23.2 Å². The Labute approximate surface area is 148 Å². The molecule has 2 rings (SSSR count). The zero-order valence-electron chi connectivity index (χ0n) is 14.8. The third kappa shape index (κ3) is 5.95. The lowest BCUT2D eigenvalue weighted by Gasteiger charge is -2.10. The summed E-state index contributed by atoms with van der Waals surface area (Å²) in [5.74, 6) is 0.305. The van der Waals surface area contributed by atoms with E-state index >= 15 is 0 Å². The van der Waals surface area contributed by atoms with Gasteiger partial charge in [0, 0.05) is 17.3 Å². The third-order valence-corrected chi connectivity index (χ3v) is 3.66. The number of amides is 2. The van der Waals surface area contributed by atoms with E-state index < -0.39 is 0 Å². The predicted molar refractivity (Wildman–Crippen MR) is 99.9 cm³/mol. The second kappa shape index (κ2) is 8.87. The van der Waals surface area contributed by atoms with E-state index in [1.54, 1.807) is 24.3 Å². The van der Waals surface area contributed by atoms with Gasteiger partial charge in [0.15, 0.2) is 6.61 Å². The van der Waals surface area contributed by atoms with Gasteiger partial charge in [-0.15, -0.1) is 0 Å². The number of benzene rings is 2. The SMILES string of the molecule is CCc1ccc(OCC(=O)Nc2ccc(NC(=O)C(C)C)cc2)cc1. The molecule has 0 spiro atoms. The smallest absolute Gasteiger partial charge is 0.262 e. The summed E-state index contributed by atoms with van der Waals surface area (Å²) in [6, 6.07) is 14.7. The lowest BCUT2D eigenvalue weighted by Crippen LogP contribution is -2.20. The summed E-state index contributed by atoms with van der Waals surface area (Å²) in [6.45, 7) is 5.69. The Bertz CT molecular complexity index is 707. The van der Waals surface area contributed by atoms with Crippen molar-refractivity contribution in [3.8, 4) is 5.75 Å². The van der Waals surface area contributed by atoms with Crippen molar-refractivity contribution in [1.29, 1.82) is 0 Å². The van der Waals surface area contributed by atoms with Crippen LogP contribution in [0.25, 0.3) is 0 Å². The number of hydrogen-bond acceptors (Lipinski definition) is 3. The Morgan fingerprint density at radius 3 is 2.00 bits per heavy atom. The summed E-state index contributed by atoms with van der Waals surface area (Å²) in [5.41, 5.74) is 2.57. The van der Waals surface area contributed by atoms with Gasteiger partial charge in [-0.05, 0) is 48.4 Å². The maximum atomic E-state index is 12.0. The van der Waals surface area contributed by atoms with Crippen molar-refractivity contribution in [2.45, 2.75) is 27.2 Å². The van der Waals surface area contributed by atoms with E-state index in [1.165, 1.54) is 5.56 Å². The molecule has 0 aromatic heterocycles. The maximum Gasteiger partial charge on any atom is 0.262 e. The molecule has 5 heteroatoms. The second-order valence-corrected chi connectivity index (χ2v) is 6.06. The van der Waals surface area contributed by atoms with E-state index in [-0.39, 0.29) is 24.3 Å². The minimum absolute atomic E-state index is 0.0423. The number of aryl methyl sites for hydroxylation is 1. The quantitative estimate of drug-likeness (QED) is 0.804. The Kier molecular flexibility index (Phi) is 6.57. The molecule has 2 amide bonds. The van der Waals surface area contributed by atoms with Crippen molar-refractivity contribution in [3.05, 3.63) is 54.1 Å². The van der Waals surface area contributed by atoms with Crippen molar-refractivity contribution in [1.82, 2.24) is 0 Å². The summed E-state index contributed by atoms with van der Waals surface area (Å²) < 4.78 is 5.47. The second-order valence-electron chi connectivity index (χ2n) is 6.06. The molecule has 0 atom stereocenters. The van der Waals surface area contributed by atoms with Gasteiger partial charge in [0.05, 0.1) is 0 Å². The topological polar surface area (TPSA) is 67.4 Å². The molecule has 0 heterocycles. The van der Waals surface area contributed by atoms with E-state index in [2.05, 4.69) is 17.6 Å². The summed E-state index contributed by atoms with van der Waals surface area (Å²) in [4.78, 5) is 23.6. The monoisotopic (exact) mass is 340 g/mol. The molecule has 0 aliphatic heterocycles. The number of carbonyl (C=O) groups excluding carboxylic acids is 2. The Hall–Kier alpha value is -2.82. The van der Waals surface area contributed by atoms with Crippen LogP contribution in [-0.4, -0.2) is 18.4 Å². The highest BCUT2D eigenvalue weighted by molar-refractivity contribution is 5.94. The first kappa shape index (κ1) is 18.5. The molecule has 0 radical (unpaired) electrons. The van der Waals surface area contributed by atoms with Crippen LogP contribution in [0.2, 0.25) is 0 Å². The molecule has 132 valence electrons. The van der Waals surface area contributed by atoms with Gasteiger partial charge < -0.3 is 15.4 Å². The largest absolute Gasteiger partial charge is 0.484 e. The minimum Gasteiger partial charge on any atom is -0.484 e. The number of anilines is 2. The van der Waals surface area contributed by atoms with Crippen LogP contribution in [-0.2, 0) is 16.0 Å². The number of ether oxygens (including phenoxy) is 1. The first-order chi connectivity index (χ1) is 12.0. The number of hydrogen-bond donors (Lipinski definition) is 2. The molecule has 0 unspecified atom stereocenters. The molecule has 0 saturated heterocycles. The Balaban J connectivity index is 1.82. The average molecular weight is 340 g/mol. The molecule has 25 heavy (non-hydrogen) atoms. The van der Waals surface area contributed by atoms with E-state index in [0.29, 0.717) is 17.1 Å². The van der Waals surface area contributed by atoms with Gasteiger partial charge in [-0.3, -0.25) is 9.59 Å². The van der Waals surface area contributed by atoms with Gasteiger partial charge in [0.1, 0.15) is 5.75 Å². The molecule has 0 aliphatic carbocycles. The van der Waals surface area contributed by atoms with Crippen LogP contribution in [0, 0.1) is 5.92 Å². The lowest BCUT2D eigenvalue weighted by molar-refractivity contribution is -0.119. The maximum absolute atomic E-state index is 12.0. The zero-order valence-corrected chi connectivity index (χ0v) is 14.8. The first-order valence-corrected chi connectivity index (χ1v) is 8.40. The highest BCUT2D eigenvalue weighted by Gasteiger charge is 2.08. The molecular formula is C20H24N2O3. The molecule has 0 aliphatic rings. The standard InChI is InChI=1S/C20H24N2O3/c1-4-15-5-11-18(12-6-15)25-13-19(23)21-16-7-9-17(10-8-16)22-20(24)14(2)3/h5-12,14H,4,13H2,1-3H3,(H,21,23)(H,22,24). The fraction of sp³-hybridized carbons (Fsp3) is 0.300. The van der Waals surface area contributed by atoms with Gasteiger partial charge in [0.2, 0.25) is 5.91 Å². The molecule has 2 aromatic carbocycles. The fourth-order valence-corrected chi connectivity index (χ4v) is 2.09. The van der Waals surface area contributed by atoms with Crippen molar-refractivity contribution in [2.75, 3.05) is 17.2 Å². The van der Waals surface area contributed by atoms with E-state index in [4.69, 9.17) is 4.74 Å². The fourth-order valence-electron chi connectivity index (χ4n) is 2.09. The molecule has 2 N–H and O–H groups in total. The molecule has 0 fully saturated rings. The summed E-state index contributed by atoms with van der Waals surface area (Å²) in [6.07, 6.45) is 0.967. The average Bonchev–Trinajstić information content (AvgIpc) is 2.62. The molecule has 0 saturated carbocycles. The Morgan fingerprint density at radius 2 is 1.48 bits per heavy atom. The summed E-state index contributed by atoms with van der Waals surface area (Å²) in [7, 11) is 0. The molecular weight excluding hydrogens is 316 g/mol. The Morgan fingerprint density at radius 1 is 0.920 bits per heavy atom. The third-order valence-electron chi connectivity index (χ3n) is 3.66. The van der Waals surface area contributed by atoms with Crippen LogP contribution >= 0.6 is 0 Å². The van der Waals surface area contributed by atoms with Gasteiger partial charge >= 0.3 is 0 Å². The lowest BCUT2D eigenvalue weighted by atomic mass is 10.2. The van der Waals surface area contributed by atoms with Crippen molar-refractivity contribution in [3.63, 3.8) is 0 Å². The first-order valence-electron chi connectivity index (χ1n) is 8.40. The number of nitrogens with one attached hydrogen (secondary N) is 2. The zero-order chi connectivity index (χ0) is 18.2. The van der Waals surface area contributed by atoms with Crippen LogP contribution in [0.4, 0.5) is 11.4 Å². The van der Waals surface area contributed by atoms with Crippen molar-refractivity contribution in [2.24, 2.45) is 5.92 Å². The van der Waals surface area contributed by atoms with E-state index in [0.717, 1.165) is 6.42 Å². The van der Waals surface area contributed by atoms with E-state index in [1.807, 2.05) is 38.1 Å². The summed E-state index contributed by atoms with van der Waals surface area (Å²) in [5, 5.41) is 5.56. The molecule has 2 aromatic rings. The van der Waals surface area contributed by atoms with Crippen LogP contribution in [0.15, 0.2) is 48.5 Å². The van der Waals surface area contributed by atoms with Gasteiger partial charge in [-0.25, -0.2) is 0 Å². The minimum atomic E-state index is -0.237. The number of carbonyl (C=O) groups is 2. The van der Waals surface area contributed by atoms with Gasteiger partial charge in [-0.2, -0.15) is 0 Å². The highest BCUT2D eigenvalue weighted by atomic mass is 16.5. The predicted octanol–water partition coefficient (Wildman–Crippen LogP) is 3.86. The van der Waals surface area contributed by atoms with Crippen LogP contribution in [0.3, 0.4) is 0 Å². The van der Waals surface area contributed by atoms with E-state index in [9.17, 15) is 9.59 Å². The normalized spacial score (nSPS) is 10.4. The van der Waals surface area contributed by atoms with Crippen LogP contribution < -0.4 is 15.4 Å². The highest BCUT2D eigenvalue weighted by Crippen LogP contribution is 2.15. The van der Waals surface area contributed by atoms with Crippen molar-refractivity contribution < 1.29 is 14.3 Å². The molecule has 5 nitrogen and oxygen atoms in total. The van der Waals surface area contributed by atoms with Crippen LogP contribution in [0.1, 0.15) is 26.3 Å².